The zero-order chi connectivity index (χ0) is 11.4. The van der Waals surface area contributed by atoms with Crippen molar-refractivity contribution in [3.63, 3.8) is 0 Å². The minimum Gasteiger partial charge on any atom is -0.215 e. The largest absolute Gasteiger partial charge is 0.215 e. The van der Waals surface area contributed by atoms with Crippen LogP contribution in [-0.2, 0) is 17.3 Å². The quantitative estimate of drug-likeness (QED) is 0.811. The molecule has 1 aromatic carbocycles. The van der Waals surface area contributed by atoms with Crippen molar-refractivity contribution >= 4 is 10.9 Å². The van der Waals surface area contributed by atoms with E-state index in [1.807, 2.05) is 6.07 Å². The third-order valence-corrected chi connectivity index (χ3v) is 4.05. The summed E-state index contributed by atoms with van der Waals surface area (Å²) in [6.07, 6.45) is 3.04. The van der Waals surface area contributed by atoms with E-state index in [4.69, 9.17) is 0 Å². The molecular weight excluding hydrogens is 222 g/mol. The summed E-state index contributed by atoms with van der Waals surface area (Å²) in [4.78, 5) is 0. The molecule has 1 aliphatic rings. The lowest BCUT2D eigenvalue weighted by molar-refractivity contribution is 0.278. The van der Waals surface area contributed by atoms with Gasteiger partial charge in [-0.2, -0.15) is 0 Å². The van der Waals surface area contributed by atoms with Crippen LogP contribution in [0.4, 0.5) is 0 Å². The van der Waals surface area contributed by atoms with Crippen molar-refractivity contribution < 1.29 is 8.42 Å². The van der Waals surface area contributed by atoms with Gasteiger partial charge >= 0.3 is 0 Å². The second-order valence-electron chi connectivity index (χ2n) is 4.32. The molecule has 1 saturated heterocycles. The summed E-state index contributed by atoms with van der Waals surface area (Å²) < 4.78 is 23.1. The van der Waals surface area contributed by atoms with Crippen molar-refractivity contribution in [2.45, 2.75) is 19.3 Å². The van der Waals surface area contributed by atoms with Gasteiger partial charge in [-0.1, -0.05) is 30.3 Å². The summed E-state index contributed by atoms with van der Waals surface area (Å²) >= 11 is 0. The van der Waals surface area contributed by atoms with E-state index in [2.05, 4.69) is 24.3 Å². The lowest BCUT2D eigenvalue weighted by Gasteiger charge is -2.27. The minimum absolute atomic E-state index is 0.633. The van der Waals surface area contributed by atoms with Gasteiger partial charge in [0.2, 0.25) is 10.9 Å². The number of benzene rings is 1. The first kappa shape index (κ1) is 11.6. The average molecular weight is 239 g/mol. The minimum atomic E-state index is -2.36. The molecular formula is C12H17NO2S. The van der Waals surface area contributed by atoms with Gasteiger partial charge in [0.25, 0.3) is 0 Å². The van der Waals surface area contributed by atoms with Crippen LogP contribution in [0.15, 0.2) is 30.3 Å². The Kier molecular flexibility index (Phi) is 3.96. The molecule has 0 radical (unpaired) electrons. The Morgan fingerprint density at radius 1 is 1.12 bits per heavy atom. The van der Waals surface area contributed by atoms with Gasteiger partial charge in [0.05, 0.1) is 0 Å². The summed E-state index contributed by atoms with van der Waals surface area (Å²) in [5, 5.41) is 0. The molecule has 0 N–H and O–H groups in total. The molecule has 1 aromatic rings. The zero-order valence-electron chi connectivity index (χ0n) is 9.21. The lowest BCUT2D eigenvalue weighted by atomic mass is 9.91. The molecule has 0 saturated carbocycles. The van der Waals surface area contributed by atoms with Gasteiger partial charge in [-0.05, 0) is 30.7 Å². The molecule has 0 aliphatic carbocycles. The smallest absolute Gasteiger partial charge is 0.203 e. The molecule has 0 atom stereocenters. The van der Waals surface area contributed by atoms with Crippen LogP contribution in [0.25, 0.3) is 0 Å². The number of thiol groups is 1. The topological polar surface area (TPSA) is 37.4 Å². The molecule has 16 heavy (non-hydrogen) atoms. The molecule has 0 spiro atoms. The summed E-state index contributed by atoms with van der Waals surface area (Å²) in [5.74, 6) is 0.633. The molecule has 0 unspecified atom stereocenters. The number of nitrogens with zero attached hydrogens (tertiary/aromatic N) is 1. The Morgan fingerprint density at radius 2 is 1.75 bits per heavy atom. The number of hydrogen-bond donors (Lipinski definition) is 1. The average Bonchev–Trinajstić information content (AvgIpc) is 2.31. The maximum absolute atomic E-state index is 10.8. The van der Waals surface area contributed by atoms with E-state index in [1.54, 1.807) is 4.31 Å². The maximum atomic E-state index is 10.8. The predicted octanol–water partition coefficient (Wildman–Crippen LogP) is 1.47. The van der Waals surface area contributed by atoms with Gasteiger partial charge in [0.1, 0.15) is 0 Å². The van der Waals surface area contributed by atoms with Crippen molar-refractivity contribution in [1.29, 1.82) is 0 Å². The van der Waals surface area contributed by atoms with Gasteiger partial charge < -0.3 is 0 Å². The molecule has 4 heteroatoms. The van der Waals surface area contributed by atoms with Crippen LogP contribution in [0.2, 0.25) is 0 Å². The maximum Gasteiger partial charge on any atom is 0.203 e. The summed E-state index contributed by atoms with van der Waals surface area (Å²) in [7, 11) is -2.36. The molecule has 1 aliphatic heterocycles. The van der Waals surface area contributed by atoms with Gasteiger partial charge in [-0.3, -0.25) is 0 Å². The SMILES string of the molecule is O=[SH](=O)N1CCC(Cc2ccccc2)CC1. The number of hydrogen-bond acceptors (Lipinski definition) is 2. The summed E-state index contributed by atoms with van der Waals surface area (Å²) in [5.41, 5.74) is 1.35. The number of rotatable bonds is 3. The van der Waals surface area contributed by atoms with Gasteiger partial charge in [0, 0.05) is 13.1 Å². The molecule has 1 fully saturated rings. The van der Waals surface area contributed by atoms with E-state index in [0.29, 0.717) is 19.0 Å². The fourth-order valence-corrected chi connectivity index (χ4v) is 2.79. The van der Waals surface area contributed by atoms with Crippen LogP contribution in [0.5, 0.6) is 0 Å². The first-order valence-corrected chi connectivity index (χ1v) is 6.82. The van der Waals surface area contributed by atoms with Crippen molar-refractivity contribution in [2.24, 2.45) is 5.92 Å². The highest BCUT2D eigenvalue weighted by Gasteiger charge is 2.20. The van der Waals surface area contributed by atoms with Crippen LogP contribution in [-0.4, -0.2) is 25.8 Å². The fourth-order valence-electron chi connectivity index (χ4n) is 2.23. The van der Waals surface area contributed by atoms with Crippen LogP contribution < -0.4 is 0 Å². The van der Waals surface area contributed by atoms with Gasteiger partial charge in [-0.15, -0.1) is 0 Å². The molecule has 88 valence electrons. The molecule has 0 bridgehead atoms. The first-order chi connectivity index (χ1) is 7.75. The van der Waals surface area contributed by atoms with Crippen molar-refractivity contribution in [2.75, 3.05) is 13.1 Å². The zero-order valence-corrected chi connectivity index (χ0v) is 10.1. The molecule has 0 amide bonds. The predicted molar refractivity (Wildman–Crippen MR) is 64.8 cm³/mol. The van der Waals surface area contributed by atoms with E-state index in [9.17, 15) is 8.42 Å². The molecule has 2 rings (SSSR count). The van der Waals surface area contributed by atoms with Crippen molar-refractivity contribution in [3.8, 4) is 0 Å². The van der Waals surface area contributed by atoms with Crippen LogP contribution in [0.1, 0.15) is 18.4 Å². The van der Waals surface area contributed by atoms with Crippen molar-refractivity contribution in [1.82, 2.24) is 4.31 Å². The third-order valence-electron chi connectivity index (χ3n) is 3.19. The molecule has 0 aromatic heterocycles. The van der Waals surface area contributed by atoms with Crippen molar-refractivity contribution in [3.05, 3.63) is 35.9 Å². The van der Waals surface area contributed by atoms with E-state index in [0.717, 1.165) is 19.3 Å². The summed E-state index contributed by atoms with van der Waals surface area (Å²) in [6.45, 7) is 1.38. The standard InChI is InChI=1S/C12H17NO2S/c14-16(15)13-8-6-12(7-9-13)10-11-4-2-1-3-5-11/h1-5,12,16H,6-10H2. The molecule has 3 nitrogen and oxygen atoms in total. The highest BCUT2D eigenvalue weighted by Crippen LogP contribution is 2.21. The monoisotopic (exact) mass is 239 g/mol. The highest BCUT2D eigenvalue weighted by atomic mass is 32.2. The van der Waals surface area contributed by atoms with E-state index >= 15 is 0 Å². The van der Waals surface area contributed by atoms with Gasteiger partial charge in [-0.25, -0.2) is 12.7 Å². The van der Waals surface area contributed by atoms with E-state index in [-0.39, 0.29) is 0 Å². The van der Waals surface area contributed by atoms with Crippen LogP contribution in [0.3, 0.4) is 0 Å². The normalized spacial score (nSPS) is 19.1. The van der Waals surface area contributed by atoms with E-state index in [1.165, 1.54) is 5.56 Å². The Hall–Kier alpha value is -0.870. The first-order valence-electron chi connectivity index (χ1n) is 5.69. The van der Waals surface area contributed by atoms with Crippen LogP contribution >= 0.6 is 0 Å². The second-order valence-corrected chi connectivity index (χ2v) is 5.37. The second kappa shape index (κ2) is 5.46. The Balaban J connectivity index is 1.86. The molecule has 1 heterocycles. The number of piperidine rings is 1. The van der Waals surface area contributed by atoms with Gasteiger partial charge in [0.15, 0.2) is 0 Å². The Morgan fingerprint density at radius 3 is 2.31 bits per heavy atom. The van der Waals surface area contributed by atoms with E-state index < -0.39 is 10.9 Å². The Labute approximate surface area is 98.2 Å². The highest BCUT2D eigenvalue weighted by molar-refractivity contribution is 7.69. The Bertz CT molecular complexity index is 387. The lowest BCUT2D eigenvalue weighted by Crippen LogP contribution is -2.33. The van der Waals surface area contributed by atoms with Crippen LogP contribution in [0, 0.1) is 5.92 Å². The summed E-state index contributed by atoms with van der Waals surface area (Å²) in [6, 6.07) is 10.4. The third kappa shape index (κ3) is 3.06. The fraction of sp³-hybridized carbons (Fsp3) is 0.500.